The van der Waals surface area contributed by atoms with Crippen molar-refractivity contribution in [3.8, 4) is 5.75 Å². The predicted octanol–water partition coefficient (Wildman–Crippen LogP) is 3.83. The van der Waals surface area contributed by atoms with E-state index in [9.17, 15) is 4.79 Å². The number of guanidine groups is 1. The van der Waals surface area contributed by atoms with Gasteiger partial charge >= 0.3 is 0 Å². The lowest BCUT2D eigenvalue weighted by atomic mass is 10.2. The fourth-order valence-electron chi connectivity index (χ4n) is 2.68. The van der Waals surface area contributed by atoms with Crippen molar-refractivity contribution < 1.29 is 9.53 Å². The van der Waals surface area contributed by atoms with E-state index in [4.69, 9.17) is 4.74 Å². The molecule has 5 heteroatoms. The van der Waals surface area contributed by atoms with Gasteiger partial charge in [-0.15, -0.1) is 0 Å². The first kappa shape index (κ1) is 17.7. The van der Waals surface area contributed by atoms with Gasteiger partial charge in [-0.2, -0.15) is 0 Å². The molecular formula is C21H23N3O2. The molecule has 5 nitrogen and oxygen atoms in total. The van der Waals surface area contributed by atoms with Crippen molar-refractivity contribution in [1.82, 2.24) is 5.32 Å². The first-order chi connectivity index (χ1) is 12.7. The summed E-state index contributed by atoms with van der Waals surface area (Å²) >= 11 is 0. The minimum absolute atomic E-state index is 0.109. The molecule has 2 aromatic rings. The van der Waals surface area contributed by atoms with Gasteiger partial charge in [0.05, 0.1) is 12.8 Å². The molecule has 2 aromatic carbocycles. The van der Waals surface area contributed by atoms with Crippen LogP contribution in [0, 0.1) is 0 Å². The van der Waals surface area contributed by atoms with Gasteiger partial charge in [-0.05, 0) is 42.3 Å². The van der Waals surface area contributed by atoms with Gasteiger partial charge in [0.1, 0.15) is 11.4 Å². The zero-order valence-corrected chi connectivity index (χ0v) is 15.1. The van der Waals surface area contributed by atoms with Crippen molar-refractivity contribution in [2.24, 2.45) is 4.99 Å². The number of amides is 1. The molecule has 3 rings (SSSR count). The monoisotopic (exact) mass is 349 g/mol. The van der Waals surface area contributed by atoms with Crippen LogP contribution >= 0.6 is 0 Å². The van der Waals surface area contributed by atoms with E-state index >= 15 is 0 Å². The molecule has 0 radical (unpaired) electrons. The molecule has 1 amide bonds. The van der Waals surface area contributed by atoms with Crippen LogP contribution in [-0.2, 0) is 4.79 Å². The number of hydrogen-bond acceptors (Lipinski definition) is 3. The Bertz CT molecular complexity index is 811. The maximum absolute atomic E-state index is 13.0. The molecular weight excluding hydrogens is 326 g/mol. The molecule has 1 N–H and O–H groups in total. The Kier molecular flexibility index (Phi) is 5.69. The summed E-state index contributed by atoms with van der Waals surface area (Å²) in [5, 5.41) is 3.18. The topological polar surface area (TPSA) is 53.9 Å². The molecule has 0 spiro atoms. The van der Waals surface area contributed by atoms with Gasteiger partial charge in [0, 0.05) is 6.54 Å². The number of benzene rings is 2. The number of para-hydroxylation sites is 1. The number of hydrogen-bond donors (Lipinski definition) is 1. The van der Waals surface area contributed by atoms with Crippen LogP contribution in [0.5, 0.6) is 5.75 Å². The Hall–Kier alpha value is -3.08. The van der Waals surface area contributed by atoms with E-state index in [2.05, 4.69) is 17.2 Å². The predicted molar refractivity (Wildman–Crippen MR) is 105 cm³/mol. The summed E-state index contributed by atoms with van der Waals surface area (Å²) in [5.74, 6) is 1.25. The normalized spacial score (nSPS) is 17.0. The van der Waals surface area contributed by atoms with Crippen molar-refractivity contribution in [3.05, 3.63) is 65.9 Å². The first-order valence-corrected chi connectivity index (χ1v) is 8.79. The van der Waals surface area contributed by atoms with Crippen LogP contribution in [0.25, 0.3) is 6.08 Å². The van der Waals surface area contributed by atoms with E-state index in [0.29, 0.717) is 18.2 Å². The second-order valence-electron chi connectivity index (χ2n) is 5.99. The highest BCUT2D eigenvalue weighted by Crippen LogP contribution is 2.22. The van der Waals surface area contributed by atoms with Crippen LogP contribution in [0.4, 0.5) is 5.69 Å². The van der Waals surface area contributed by atoms with Crippen molar-refractivity contribution in [2.45, 2.75) is 19.8 Å². The number of nitrogens with one attached hydrogen (secondary N) is 1. The van der Waals surface area contributed by atoms with Crippen molar-refractivity contribution in [3.63, 3.8) is 0 Å². The highest BCUT2D eigenvalue weighted by atomic mass is 16.5. The summed E-state index contributed by atoms with van der Waals surface area (Å²) in [6.07, 6.45) is 3.88. The van der Waals surface area contributed by atoms with E-state index in [1.807, 2.05) is 60.7 Å². The van der Waals surface area contributed by atoms with E-state index in [0.717, 1.165) is 29.8 Å². The number of nitrogens with zero attached hydrogens (tertiary/aromatic N) is 2. The third-order valence-electron chi connectivity index (χ3n) is 4.11. The molecule has 0 bridgehead atoms. The third-order valence-corrected chi connectivity index (χ3v) is 4.11. The largest absolute Gasteiger partial charge is 0.497 e. The SMILES string of the molecule is CCCCN=C1N/C(=C\c2ccc(OC)cc2)C(=O)N1c1ccccc1. The van der Waals surface area contributed by atoms with Gasteiger partial charge in [0.25, 0.3) is 5.91 Å². The molecule has 1 aliphatic heterocycles. The van der Waals surface area contributed by atoms with Gasteiger partial charge in [0.15, 0.2) is 0 Å². The third kappa shape index (κ3) is 3.94. The molecule has 134 valence electrons. The lowest BCUT2D eigenvalue weighted by Crippen LogP contribution is -2.32. The number of ether oxygens (including phenoxy) is 1. The lowest BCUT2D eigenvalue weighted by molar-refractivity contribution is -0.113. The molecule has 0 unspecified atom stereocenters. The first-order valence-electron chi connectivity index (χ1n) is 8.79. The molecule has 0 atom stereocenters. The zero-order valence-electron chi connectivity index (χ0n) is 15.1. The summed E-state index contributed by atoms with van der Waals surface area (Å²) in [7, 11) is 1.63. The van der Waals surface area contributed by atoms with Crippen LogP contribution < -0.4 is 15.0 Å². The fourth-order valence-corrected chi connectivity index (χ4v) is 2.68. The molecule has 0 saturated carbocycles. The van der Waals surface area contributed by atoms with E-state index in [1.54, 1.807) is 12.0 Å². The van der Waals surface area contributed by atoms with Crippen LogP contribution in [0.15, 0.2) is 65.3 Å². The van der Waals surface area contributed by atoms with Crippen LogP contribution in [-0.4, -0.2) is 25.5 Å². The van der Waals surface area contributed by atoms with Crippen LogP contribution in [0.1, 0.15) is 25.3 Å². The minimum Gasteiger partial charge on any atom is -0.497 e. The van der Waals surface area contributed by atoms with Gasteiger partial charge < -0.3 is 10.1 Å². The quantitative estimate of drug-likeness (QED) is 0.637. The van der Waals surface area contributed by atoms with Crippen LogP contribution in [0.3, 0.4) is 0 Å². The average Bonchev–Trinajstić information content (AvgIpc) is 2.98. The molecule has 1 heterocycles. The number of aliphatic imine (C=N–C) groups is 1. The van der Waals surface area contributed by atoms with Crippen molar-refractivity contribution in [1.29, 1.82) is 0 Å². The summed E-state index contributed by atoms with van der Waals surface area (Å²) in [6, 6.07) is 17.2. The maximum Gasteiger partial charge on any atom is 0.281 e. The second kappa shape index (κ2) is 8.34. The standard InChI is InChI=1S/C21H23N3O2/c1-3-4-14-22-21-23-19(15-16-10-12-18(26-2)13-11-16)20(25)24(21)17-8-6-5-7-9-17/h5-13,15H,3-4,14H2,1-2H3,(H,22,23)/b19-15-. The van der Waals surface area contributed by atoms with Crippen molar-refractivity contribution >= 4 is 23.6 Å². The van der Waals surface area contributed by atoms with Gasteiger partial charge in [-0.3, -0.25) is 9.79 Å². The van der Waals surface area contributed by atoms with E-state index in [1.165, 1.54) is 0 Å². The lowest BCUT2D eigenvalue weighted by Gasteiger charge is -2.15. The summed E-state index contributed by atoms with van der Waals surface area (Å²) in [6.45, 7) is 2.81. The Morgan fingerprint density at radius 3 is 2.50 bits per heavy atom. The molecule has 0 aliphatic carbocycles. The minimum atomic E-state index is -0.109. The molecule has 1 aliphatic rings. The number of anilines is 1. The fraction of sp³-hybridized carbons (Fsp3) is 0.238. The number of rotatable bonds is 6. The smallest absolute Gasteiger partial charge is 0.281 e. The van der Waals surface area contributed by atoms with Gasteiger partial charge in [-0.1, -0.05) is 43.7 Å². The zero-order chi connectivity index (χ0) is 18.4. The van der Waals surface area contributed by atoms with Gasteiger partial charge in [0.2, 0.25) is 5.96 Å². The summed E-state index contributed by atoms with van der Waals surface area (Å²) in [4.78, 5) is 19.2. The molecule has 26 heavy (non-hydrogen) atoms. The highest BCUT2D eigenvalue weighted by molar-refractivity contribution is 6.29. The Morgan fingerprint density at radius 1 is 1.12 bits per heavy atom. The number of methoxy groups -OCH3 is 1. The molecule has 1 fully saturated rings. The molecule has 1 saturated heterocycles. The molecule has 0 aromatic heterocycles. The van der Waals surface area contributed by atoms with Crippen LogP contribution in [0.2, 0.25) is 0 Å². The number of carbonyl (C=O) groups is 1. The average molecular weight is 349 g/mol. The Labute approximate surface area is 154 Å². The summed E-state index contributed by atoms with van der Waals surface area (Å²) in [5.41, 5.74) is 2.23. The maximum atomic E-state index is 13.0. The number of unbranched alkanes of at least 4 members (excludes halogenated alkanes) is 1. The van der Waals surface area contributed by atoms with E-state index < -0.39 is 0 Å². The van der Waals surface area contributed by atoms with Gasteiger partial charge in [-0.25, -0.2) is 4.90 Å². The summed E-state index contributed by atoms with van der Waals surface area (Å²) < 4.78 is 5.18. The number of carbonyl (C=O) groups excluding carboxylic acids is 1. The Morgan fingerprint density at radius 2 is 1.85 bits per heavy atom. The van der Waals surface area contributed by atoms with Crippen molar-refractivity contribution in [2.75, 3.05) is 18.6 Å². The second-order valence-corrected chi connectivity index (χ2v) is 5.99. The van der Waals surface area contributed by atoms with E-state index in [-0.39, 0.29) is 5.91 Å². The Balaban J connectivity index is 1.91. The highest BCUT2D eigenvalue weighted by Gasteiger charge is 2.32.